The van der Waals surface area contributed by atoms with Crippen molar-refractivity contribution in [1.29, 1.82) is 0 Å². The number of H-pyrrole nitrogens is 1. The Hall–Kier alpha value is -3.65. The zero-order chi connectivity index (χ0) is 20.3. The van der Waals surface area contributed by atoms with Gasteiger partial charge in [0.15, 0.2) is 0 Å². The maximum absolute atomic E-state index is 5.03. The molecular formula is C28H24N2. The van der Waals surface area contributed by atoms with E-state index in [1.165, 1.54) is 27.5 Å². The number of imidazole rings is 1. The highest BCUT2D eigenvalue weighted by Crippen LogP contribution is 2.32. The molecule has 2 heteroatoms. The van der Waals surface area contributed by atoms with Crippen molar-refractivity contribution >= 4 is 21.8 Å². The van der Waals surface area contributed by atoms with E-state index in [1.54, 1.807) is 0 Å². The summed E-state index contributed by atoms with van der Waals surface area (Å²) < 4.78 is 0. The van der Waals surface area contributed by atoms with Crippen molar-refractivity contribution in [3.63, 3.8) is 0 Å². The Morgan fingerprint density at radius 3 is 2.47 bits per heavy atom. The Balaban J connectivity index is 1.55. The van der Waals surface area contributed by atoms with E-state index in [2.05, 4.69) is 96.5 Å². The van der Waals surface area contributed by atoms with Crippen LogP contribution in [0.5, 0.6) is 0 Å². The minimum atomic E-state index is 0.328. The van der Waals surface area contributed by atoms with Crippen LogP contribution in [0.2, 0.25) is 0 Å². The normalized spacial score (nSPS) is 12.3. The number of rotatable bonds is 6. The average molecular weight is 389 g/mol. The smallest absolute Gasteiger partial charge is 0.107 e. The van der Waals surface area contributed by atoms with Crippen molar-refractivity contribution in [3.8, 4) is 11.1 Å². The number of hydrogen-bond acceptors (Lipinski definition) is 1. The van der Waals surface area contributed by atoms with Crippen molar-refractivity contribution in [2.75, 3.05) is 0 Å². The molecule has 30 heavy (non-hydrogen) atoms. The molecule has 1 heterocycles. The molecule has 0 fully saturated rings. The van der Waals surface area contributed by atoms with Crippen LogP contribution in [0.4, 0.5) is 0 Å². The number of benzene rings is 4. The van der Waals surface area contributed by atoms with Crippen LogP contribution in [0, 0.1) is 0 Å². The van der Waals surface area contributed by atoms with Gasteiger partial charge in [-0.2, -0.15) is 0 Å². The summed E-state index contributed by atoms with van der Waals surface area (Å²) >= 11 is 0. The lowest BCUT2D eigenvalue weighted by Gasteiger charge is -2.17. The Morgan fingerprint density at radius 2 is 1.60 bits per heavy atom. The van der Waals surface area contributed by atoms with E-state index < -0.39 is 0 Å². The minimum absolute atomic E-state index is 0.328. The average Bonchev–Trinajstić information content (AvgIpc) is 3.21. The molecule has 5 aromatic rings. The molecule has 0 amide bonds. The SMILES string of the molecule is C=CCC(Cc1nc2c(-c3ccccc3)cccc2[nH]1)c1cccc2ccccc12. The quantitative estimate of drug-likeness (QED) is 0.304. The molecule has 0 saturated carbocycles. The fourth-order valence-corrected chi connectivity index (χ4v) is 4.39. The highest BCUT2D eigenvalue weighted by Gasteiger charge is 2.17. The van der Waals surface area contributed by atoms with Gasteiger partial charge in [-0.3, -0.25) is 0 Å². The molecule has 0 aliphatic rings. The summed E-state index contributed by atoms with van der Waals surface area (Å²) in [4.78, 5) is 8.59. The summed E-state index contributed by atoms with van der Waals surface area (Å²) in [5.74, 6) is 1.35. The summed E-state index contributed by atoms with van der Waals surface area (Å²) in [7, 11) is 0. The third-order valence-electron chi connectivity index (χ3n) is 5.80. The zero-order valence-electron chi connectivity index (χ0n) is 16.9. The van der Waals surface area contributed by atoms with Gasteiger partial charge in [0.2, 0.25) is 0 Å². The number of aromatic amines is 1. The first kappa shape index (κ1) is 18.4. The molecule has 146 valence electrons. The standard InChI is InChI=1S/C28H24N2/c1-2-10-22(24-16-8-14-20-13-6-7-15-23(20)24)19-27-29-26-18-9-17-25(28(26)30-27)21-11-4-3-5-12-21/h2-9,11-18,22H,1,10,19H2,(H,29,30). The van der Waals surface area contributed by atoms with E-state index in [-0.39, 0.29) is 0 Å². The van der Waals surface area contributed by atoms with Gasteiger partial charge in [0.25, 0.3) is 0 Å². The highest BCUT2D eigenvalue weighted by atomic mass is 14.9. The van der Waals surface area contributed by atoms with Gasteiger partial charge in [-0.1, -0.05) is 91.0 Å². The molecule has 1 aromatic heterocycles. The zero-order valence-corrected chi connectivity index (χ0v) is 16.9. The molecular weight excluding hydrogens is 364 g/mol. The van der Waals surface area contributed by atoms with E-state index in [0.717, 1.165) is 29.7 Å². The van der Waals surface area contributed by atoms with E-state index in [0.29, 0.717) is 5.92 Å². The first-order valence-electron chi connectivity index (χ1n) is 10.4. The molecule has 1 unspecified atom stereocenters. The van der Waals surface area contributed by atoms with E-state index in [9.17, 15) is 0 Å². The van der Waals surface area contributed by atoms with Gasteiger partial charge in [0.1, 0.15) is 5.82 Å². The monoisotopic (exact) mass is 388 g/mol. The molecule has 2 nitrogen and oxygen atoms in total. The number of hydrogen-bond donors (Lipinski definition) is 1. The fraction of sp³-hybridized carbons (Fsp3) is 0.107. The molecule has 5 rings (SSSR count). The Bertz CT molecular complexity index is 1310. The van der Waals surface area contributed by atoms with E-state index in [1.807, 2.05) is 12.1 Å². The number of nitrogens with one attached hydrogen (secondary N) is 1. The van der Waals surface area contributed by atoms with Crippen LogP contribution in [0.25, 0.3) is 32.9 Å². The second-order valence-electron chi connectivity index (χ2n) is 7.75. The van der Waals surface area contributed by atoms with Crippen LogP contribution in [0.1, 0.15) is 23.7 Å². The fourth-order valence-electron chi connectivity index (χ4n) is 4.39. The number of fused-ring (bicyclic) bond motifs is 2. The molecule has 4 aromatic carbocycles. The number of para-hydroxylation sites is 1. The van der Waals surface area contributed by atoms with Crippen LogP contribution in [-0.4, -0.2) is 9.97 Å². The van der Waals surface area contributed by atoms with Gasteiger partial charge in [0, 0.05) is 12.0 Å². The summed E-state index contributed by atoms with van der Waals surface area (Å²) in [6.45, 7) is 4.01. The predicted molar refractivity (Wildman–Crippen MR) is 127 cm³/mol. The van der Waals surface area contributed by atoms with E-state index in [4.69, 9.17) is 4.98 Å². The van der Waals surface area contributed by atoms with Gasteiger partial charge in [-0.15, -0.1) is 6.58 Å². The summed E-state index contributed by atoms with van der Waals surface area (Å²) in [6, 6.07) is 32.0. The molecule has 0 saturated heterocycles. The molecule has 0 aliphatic carbocycles. The third kappa shape index (κ3) is 3.42. The summed E-state index contributed by atoms with van der Waals surface area (Å²) in [5, 5.41) is 2.59. The first-order chi connectivity index (χ1) is 14.8. The van der Waals surface area contributed by atoms with Gasteiger partial charge in [0.05, 0.1) is 11.0 Å². The Kier molecular flexibility index (Phi) is 4.90. The second-order valence-corrected chi connectivity index (χ2v) is 7.75. The summed E-state index contributed by atoms with van der Waals surface area (Å²) in [6.07, 6.45) is 3.78. The maximum Gasteiger partial charge on any atom is 0.107 e. The van der Waals surface area contributed by atoms with Crippen LogP contribution in [0.3, 0.4) is 0 Å². The van der Waals surface area contributed by atoms with Crippen molar-refractivity contribution < 1.29 is 0 Å². The minimum Gasteiger partial charge on any atom is -0.342 e. The number of allylic oxidation sites excluding steroid dienone is 1. The molecule has 0 bridgehead atoms. The van der Waals surface area contributed by atoms with E-state index >= 15 is 0 Å². The Morgan fingerprint density at radius 1 is 0.833 bits per heavy atom. The highest BCUT2D eigenvalue weighted by molar-refractivity contribution is 5.92. The van der Waals surface area contributed by atoms with Crippen LogP contribution in [0.15, 0.2) is 104 Å². The summed E-state index contributed by atoms with van der Waals surface area (Å²) in [5.41, 5.74) is 5.84. The Labute approximate surface area is 176 Å². The lowest BCUT2D eigenvalue weighted by atomic mass is 9.88. The van der Waals surface area contributed by atoms with Gasteiger partial charge in [-0.05, 0) is 40.3 Å². The second kappa shape index (κ2) is 8.00. The third-order valence-corrected chi connectivity index (χ3v) is 5.80. The number of nitrogens with zero attached hydrogens (tertiary/aromatic N) is 1. The van der Waals surface area contributed by atoms with Crippen LogP contribution in [-0.2, 0) is 6.42 Å². The van der Waals surface area contributed by atoms with Gasteiger partial charge >= 0.3 is 0 Å². The van der Waals surface area contributed by atoms with Gasteiger partial charge < -0.3 is 4.98 Å². The molecule has 0 radical (unpaired) electrons. The topological polar surface area (TPSA) is 28.7 Å². The van der Waals surface area contributed by atoms with Crippen molar-refractivity contribution in [2.45, 2.75) is 18.8 Å². The largest absolute Gasteiger partial charge is 0.342 e. The number of aromatic nitrogens is 2. The molecule has 1 atom stereocenters. The van der Waals surface area contributed by atoms with Crippen molar-refractivity contribution in [1.82, 2.24) is 9.97 Å². The lowest BCUT2D eigenvalue weighted by molar-refractivity contribution is 0.679. The van der Waals surface area contributed by atoms with Crippen LogP contribution >= 0.6 is 0 Å². The molecule has 0 spiro atoms. The van der Waals surface area contributed by atoms with Crippen LogP contribution < -0.4 is 0 Å². The lowest BCUT2D eigenvalue weighted by Crippen LogP contribution is -2.04. The molecule has 0 aliphatic heterocycles. The maximum atomic E-state index is 5.03. The molecule has 1 N–H and O–H groups in total. The van der Waals surface area contributed by atoms with Crippen molar-refractivity contribution in [2.24, 2.45) is 0 Å². The first-order valence-corrected chi connectivity index (χ1v) is 10.4. The predicted octanol–water partition coefficient (Wildman–Crippen LogP) is 7.29. The van der Waals surface area contributed by atoms with Crippen molar-refractivity contribution in [3.05, 3.63) is 115 Å². The van der Waals surface area contributed by atoms with Gasteiger partial charge in [-0.25, -0.2) is 4.98 Å².